The number of nitrogens with one attached hydrogen (secondary N) is 1. The van der Waals surface area contributed by atoms with Gasteiger partial charge in [0, 0.05) is 10.0 Å². The first-order valence-corrected chi connectivity index (χ1v) is 11.1. The van der Waals surface area contributed by atoms with Crippen LogP contribution >= 0.6 is 23.2 Å². The molecule has 0 bridgehead atoms. The third-order valence-electron chi connectivity index (χ3n) is 4.86. The third-order valence-corrected chi connectivity index (χ3v) is 5.40. The summed E-state index contributed by atoms with van der Waals surface area (Å²) in [6.07, 6.45) is -2.07. The van der Waals surface area contributed by atoms with E-state index in [-0.39, 0.29) is 22.0 Å². The Labute approximate surface area is 207 Å². The topological polar surface area (TPSA) is 136 Å². The van der Waals surface area contributed by atoms with Gasteiger partial charge in [-0.15, -0.1) is 0 Å². The quantitative estimate of drug-likeness (QED) is 0.460. The van der Waals surface area contributed by atoms with Gasteiger partial charge in [0.15, 0.2) is 5.78 Å². The molecule has 2 atom stereocenters. The number of halogens is 2. The highest BCUT2D eigenvalue weighted by Gasteiger charge is 2.51. The number of carbonyl (C=O) groups is 4. The molecule has 0 aromatic heterocycles. The number of imide groups is 1. The highest BCUT2D eigenvalue weighted by atomic mass is 35.5. The summed E-state index contributed by atoms with van der Waals surface area (Å²) in [5.41, 5.74) is 3.44. The van der Waals surface area contributed by atoms with Crippen LogP contribution in [0.1, 0.15) is 38.3 Å². The molecule has 0 aliphatic rings. The van der Waals surface area contributed by atoms with Crippen LogP contribution in [0.25, 0.3) is 0 Å². The predicted molar refractivity (Wildman–Crippen MR) is 128 cm³/mol. The molecule has 0 aliphatic carbocycles. The summed E-state index contributed by atoms with van der Waals surface area (Å²) in [5.74, 6) is -3.31. The number of ether oxygens (including phenoxy) is 1. The number of carbonyl (C=O) groups excluding carboxylic acids is 3. The number of rotatable bonds is 8. The van der Waals surface area contributed by atoms with E-state index in [0.29, 0.717) is 5.56 Å². The molecule has 2 aromatic carbocycles. The second kappa shape index (κ2) is 11.0. The molecule has 34 heavy (non-hydrogen) atoms. The van der Waals surface area contributed by atoms with E-state index in [1.165, 1.54) is 18.2 Å². The van der Waals surface area contributed by atoms with Crippen LogP contribution in [0.3, 0.4) is 0 Å². The number of Topliss-reactive ketones (excluding diaryl/α,β-unsaturated/α-hetero) is 1. The monoisotopic (exact) mass is 508 g/mol. The summed E-state index contributed by atoms with van der Waals surface area (Å²) in [6.45, 7) is 4.83. The Kier molecular flexibility index (Phi) is 8.83. The Bertz CT molecular complexity index is 1080. The third kappa shape index (κ3) is 6.79. The van der Waals surface area contributed by atoms with Crippen molar-refractivity contribution in [2.75, 3.05) is 0 Å². The van der Waals surface area contributed by atoms with Crippen LogP contribution in [0.4, 0.5) is 4.79 Å². The summed E-state index contributed by atoms with van der Waals surface area (Å²) < 4.78 is 5.18. The number of amides is 2. The minimum atomic E-state index is -2.16. The summed E-state index contributed by atoms with van der Waals surface area (Å²) >= 11 is 12.5. The molecule has 4 N–H and O–H groups in total. The average Bonchev–Trinajstić information content (AvgIpc) is 2.70. The van der Waals surface area contributed by atoms with Crippen molar-refractivity contribution in [1.82, 2.24) is 5.32 Å². The Morgan fingerprint density at radius 1 is 1.06 bits per heavy atom. The Balaban J connectivity index is 2.73. The van der Waals surface area contributed by atoms with Crippen LogP contribution in [0.5, 0.6) is 0 Å². The number of hydrogen-bond donors (Lipinski definition) is 3. The molecule has 2 aromatic rings. The Morgan fingerprint density at radius 3 is 2.21 bits per heavy atom. The van der Waals surface area contributed by atoms with Gasteiger partial charge in [-0.1, -0.05) is 59.6 Å². The highest BCUT2D eigenvalue weighted by Crippen LogP contribution is 2.37. The van der Waals surface area contributed by atoms with Crippen LogP contribution in [0, 0.1) is 0 Å². The van der Waals surface area contributed by atoms with Crippen molar-refractivity contribution in [3.8, 4) is 0 Å². The van der Waals surface area contributed by atoms with Gasteiger partial charge in [-0.2, -0.15) is 0 Å². The van der Waals surface area contributed by atoms with E-state index < -0.39 is 47.2 Å². The highest BCUT2D eigenvalue weighted by molar-refractivity contribution is 6.36. The summed E-state index contributed by atoms with van der Waals surface area (Å²) in [4.78, 5) is 51.2. The number of carboxylic acid groups (broad SMARTS) is 1. The van der Waals surface area contributed by atoms with Gasteiger partial charge in [-0.3, -0.25) is 19.7 Å². The fraction of sp³-hybridized carbons (Fsp3) is 0.333. The largest absolute Gasteiger partial charge is 0.481 e. The van der Waals surface area contributed by atoms with Gasteiger partial charge in [0.2, 0.25) is 5.91 Å². The Hall–Kier alpha value is -2.94. The predicted octanol–water partition coefficient (Wildman–Crippen LogP) is 3.90. The normalized spacial score (nSPS) is 13.9. The molecule has 2 amide bonds. The number of nitrogens with two attached hydrogens (primary N) is 1. The lowest BCUT2D eigenvalue weighted by Crippen LogP contribution is -2.58. The van der Waals surface area contributed by atoms with Gasteiger partial charge in [0.25, 0.3) is 0 Å². The molecular formula is C24H26Cl2N2O6. The maximum absolute atomic E-state index is 13.8. The van der Waals surface area contributed by atoms with Gasteiger partial charge >= 0.3 is 12.1 Å². The summed E-state index contributed by atoms with van der Waals surface area (Å²) in [7, 11) is 0. The zero-order chi connectivity index (χ0) is 25.7. The average molecular weight is 509 g/mol. The van der Waals surface area contributed by atoms with Gasteiger partial charge in [-0.25, -0.2) is 4.79 Å². The van der Waals surface area contributed by atoms with Gasteiger partial charge in [0.1, 0.15) is 11.0 Å². The van der Waals surface area contributed by atoms with Crippen molar-refractivity contribution in [3.05, 3.63) is 69.7 Å². The zero-order valence-corrected chi connectivity index (χ0v) is 20.4. The molecule has 10 heteroatoms. The van der Waals surface area contributed by atoms with Crippen LogP contribution < -0.4 is 11.1 Å². The first kappa shape index (κ1) is 27.3. The van der Waals surface area contributed by atoms with E-state index >= 15 is 0 Å². The van der Waals surface area contributed by atoms with Crippen molar-refractivity contribution in [3.63, 3.8) is 0 Å². The molecule has 0 aliphatic heterocycles. The van der Waals surface area contributed by atoms with E-state index in [0.717, 1.165) is 0 Å². The fourth-order valence-electron chi connectivity index (χ4n) is 3.47. The molecule has 182 valence electrons. The zero-order valence-electron chi connectivity index (χ0n) is 18.9. The summed E-state index contributed by atoms with van der Waals surface area (Å²) in [5, 5.41) is 11.5. The molecule has 1 unspecified atom stereocenters. The van der Waals surface area contributed by atoms with E-state index in [9.17, 15) is 24.3 Å². The van der Waals surface area contributed by atoms with Crippen molar-refractivity contribution < 1.29 is 29.0 Å². The molecule has 0 heterocycles. The van der Waals surface area contributed by atoms with Gasteiger partial charge < -0.3 is 15.6 Å². The second-order valence-corrected chi connectivity index (χ2v) is 9.56. The maximum atomic E-state index is 13.8. The van der Waals surface area contributed by atoms with Crippen molar-refractivity contribution in [2.24, 2.45) is 5.73 Å². The maximum Gasteiger partial charge on any atom is 0.414 e. The number of benzene rings is 2. The molecule has 8 nitrogen and oxygen atoms in total. The van der Waals surface area contributed by atoms with Crippen LogP contribution in [0.2, 0.25) is 10.0 Å². The molecule has 0 radical (unpaired) electrons. The lowest BCUT2D eigenvalue weighted by molar-refractivity contribution is -0.143. The molecule has 0 spiro atoms. The number of carboxylic acids is 1. The van der Waals surface area contributed by atoms with Crippen molar-refractivity contribution in [2.45, 2.75) is 50.7 Å². The first-order chi connectivity index (χ1) is 15.8. The lowest BCUT2D eigenvalue weighted by Gasteiger charge is -2.34. The smallest absolute Gasteiger partial charge is 0.414 e. The molecule has 0 fully saturated rings. The van der Waals surface area contributed by atoms with Crippen LogP contribution in [-0.2, 0) is 31.0 Å². The molecule has 0 saturated heterocycles. The molecular weight excluding hydrogens is 483 g/mol. The minimum absolute atomic E-state index is 0.0225. The van der Waals surface area contributed by atoms with Gasteiger partial charge in [0.05, 0.1) is 12.5 Å². The van der Waals surface area contributed by atoms with E-state index in [1.807, 2.05) is 0 Å². The first-order valence-electron chi connectivity index (χ1n) is 10.3. The SMILES string of the molecule is CC(C)(C)OC(=O)NC(=O)C(Cc1ccccc1)(C(=O)[C@H](N)CC(=O)O)c1ccc(Cl)cc1Cl. The lowest BCUT2D eigenvalue weighted by atomic mass is 9.69. The van der Waals surface area contributed by atoms with Crippen molar-refractivity contribution in [1.29, 1.82) is 0 Å². The fourth-order valence-corrected chi connectivity index (χ4v) is 4.04. The van der Waals surface area contributed by atoms with Crippen molar-refractivity contribution >= 4 is 47.0 Å². The summed E-state index contributed by atoms with van der Waals surface area (Å²) in [6, 6.07) is 11.1. The number of aliphatic carboxylic acids is 1. The number of hydrogen-bond acceptors (Lipinski definition) is 6. The van der Waals surface area contributed by atoms with E-state index in [1.54, 1.807) is 51.1 Å². The van der Waals surface area contributed by atoms with Gasteiger partial charge in [-0.05, 0) is 50.5 Å². The standard InChI is InChI=1S/C24H26Cl2N2O6/c1-23(2,3)34-22(33)28-21(32)24(13-14-7-5-4-6-8-14,20(31)18(27)12-19(29)30)16-10-9-15(25)11-17(16)26/h4-11,18H,12-13,27H2,1-3H3,(H,29,30)(H,28,32,33)/t18-,24?/m1/s1. The molecule has 0 saturated carbocycles. The van der Waals surface area contributed by atoms with Crippen LogP contribution in [0.15, 0.2) is 48.5 Å². The van der Waals surface area contributed by atoms with E-state index in [4.69, 9.17) is 33.7 Å². The minimum Gasteiger partial charge on any atom is -0.481 e. The molecule has 2 rings (SSSR count). The van der Waals surface area contributed by atoms with Crippen LogP contribution in [-0.4, -0.2) is 40.5 Å². The second-order valence-electron chi connectivity index (χ2n) is 8.72. The number of alkyl carbamates (subject to hydrolysis) is 1. The Morgan fingerprint density at radius 2 is 1.68 bits per heavy atom. The number of ketones is 1. The van der Waals surface area contributed by atoms with E-state index in [2.05, 4.69) is 5.32 Å².